The lowest BCUT2D eigenvalue weighted by molar-refractivity contribution is -0.123. The fraction of sp³-hybridized carbons (Fsp3) is 0.462. The molecule has 0 unspecified atom stereocenters. The molecule has 3 heteroatoms. The van der Waals surface area contributed by atoms with Crippen LogP contribution in [0.4, 0.5) is 0 Å². The third kappa shape index (κ3) is 2.83. The average Bonchev–Trinajstić information content (AvgIpc) is 2.30. The minimum atomic E-state index is -0.155. The zero-order valence-electron chi connectivity index (χ0n) is 9.43. The first-order valence-electron chi connectivity index (χ1n) is 5.81. The Hall–Kier alpha value is -1.35. The summed E-state index contributed by atoms with van der Waals surface area (Å²) < 4.78 is 0. The molecule has 0 saturated carbocycles. The topological polar surface area (TPSA) is 46.3 Å². The van der Waals surface area contributed by atoms with Gasteiger partial charge in [-0.2, -0.15) is 0 Å². The van der Waals surface area contributed by atoms with Crippen molar-refractivity contribution in [2.24, 2.45) is 11.7 Å². The van der Waals surface area contributed by atoms with Gasteiger partial charge < -0.3 is 5.73 Å². The summed E-state index contributed by atoms with van der Waals surface area (Å²) >= 11 is 0. The number of likely N-dealkylation sites (tertiary alicyclic amines) is 1. The molecule has 1 saturated heterocycles. The summed E-state index contributed by atoms with van der Waals surface area (Å²) in [4.78, 5) is 13.5. The Morgan fingerprint density at radius 2 is 2.12 bits per heavy atom. The maximum Gasteiger partial charge on any atom is 0.221 e. The first kappa shape index (κ1) is 11.1. The molecule has 1 aromatic rings. The second-order valence-corrected chi connectivity index (χ2v) is 4.46. The van der Waals surface area contributed by atoms with Crippen LogP contribution < -0.4 is 5.73 Å². The van der Waals surface area contributed by atoms with E-state index in [2.05, 4.69) is 17.0 Å². The molecule has 2 rings (SSSR count). The summed E-state index contributed by atoms with van der Waals surface area (Å²) in [5.41, 5.74) is 6.66. The second kappa shape index (κ2) is 5.12. The van der Waals surface area contributed by atoms with Gasteiger partial charge in [-0.05, 0) is 24.9 Å². The molecular formula is C13H18N2O. The van der Waals surface area contributed by atoms with E-state index >= 15 is 0 Å². The molecular weight excluding hydrogens is 200 g/mol. The Kier molecular flexibility index (Phi) is 3.57. The van der Waals surface area contributed by atoms with Crippen molar-refractivity contribution in [2.45, 2.75) is 19.4 Å². The number of piperidine rings is 1. The molecule has 16 heavy (non-hydrogen) atoms. The average molecular weight is 218 g/mol. The maximum absolute atomic E-state index is 11.1. The van der Waals surface area contributed by atoms with Gasteiger partial charge in [-0.25, -0.2) is 0 Å². The van der Waals surface area contributed by atoms with Gasteiger partial charge in [0.05, 0.1) is 5.92 Å². The van der Waals surface area contributed by atoms with Crippen molar-refractivity contribution in [3.05, 3.63) is 35.9 Å². The van der Waals surface area contributed by atoms with Crippen LogP contribution in [0.1, 0.15) is 18.4 Å². The van der Waals surface area contributed by atoms with Crippen LogP contribution in [0.15, 0.2) is 30.3 Å². The van der Waals surface area contributed by atoms with Crippen molar-refractivity contribution in [3.8, 4) is 0 Å². The van der Waals surface area contributed by atoms with Crippen LogP contribution in [0, 0.1) is 5.92 Å². The van der Waals surface area contributed by atoms with Gasteiger partial charge in [-0.1, -0.05) is 30.3 Å². The van der Waals surface area contributed by atoms with E-state index in [-0.39, 0.29) is 11.8 Å². The van der Waals surface area contributed by atoms with E-state index in [9.17, 15) is 4.79 Å². The normalized spacial score (nSPS) is 21.9. The minimum absolute atomic E-state index is 0.0393. The highest BCUT2D eigenvalue weighted by Crippen LogP contribution is 2.17. The van der Waals surface area contributed by atoms with E-state index in [1.165, 1.54) is 5.56 Å². The van der Waals surface area contributed by atoms with Crippen molar-refractivity contribution < 1.29 is 4.79 Å². The first-order valence-corrected chi connectivity index (χ1v) is 5.81. The molecule has 3 nitrogen and oxygen atoms in total. The SMILES string of the molecule is NC(=O)[C@H]1CCCN(Cc2ccccc2)C1. The van der Waals surface area contributed by atoms with E-state index in [1.807, 2.05) is 18.2 Å². The Labute approximate surface area is 96.2 Å². The fourth-order valence-corrected chi connectivity index (χ4v) is 2.27. The zero-order valence-corrected chi connectivity index (χ0v) is 9.43. The second-order valence-electron chi connectivity index (χ2n) is 4.46. The van der Waals surface area contributed by atoms with E-state index in [0.717, 1.165) is 32.5 Å². The van der Waals surface area contributed by atoms with Gasteiger partial charge in [0, 0.05) is 13.1 Å². The Morgan fingerprint density at radius 3 is 2.81 bits per heavy atom. The monoisotopic (exact) mass is 218 g/mol. The number of amides is 1. The van der Waals surface area contributed by atoms with Gasteiger partial charge in [0.25, 0.3) is 0 Å². The predicted octanol–water partition coefficient (Wildman–Crippen LogP) is 1.38. The third-order valence-electron chi connectivity index (χ3n) is 3.16. The molecule has 1 aliphatic rings. The molecule has 0 bridgehead atoms. The van der Waals surface area contributed by atoms with Gasteiger partial charge in [0.2, 0.25) is 5.91 Å². The maximum atomic E-state index is 11.1. The predicted molar refractivity (Wildman–Crippen MR) is 63.6 cm³/mol. The van der Waals surface area contributed by atoms with E-state index in [0.29, 0.717) is 0 Å². The van der Waals surface area contributed by atoms with Crippen LogP contribution >= 0.6 is 0 Å². The number of hydrogen-bond donors (Lipinski definition) is 1. The quantitative estimate of drug-likeness (QED) is 0.833. The first-order chi connectivity index (χ1) is 7.75. The Balaban J connectivity index is 1.93. The molecule has 1 heterocycles. The lowest BCUT2D eigenvalue weighted by atomic mass is 9.97. The van der Waals surface area contributed by atoms with Gasteiger partial charge >= 0.3 is 0 Å². The minimum Gasteiger partial charge on any atom is -0.369 e. The summed E-state index contributed by atoms with van der Waals surface area (Å²) in [5.74, 6) is -0.116. The number of primary amides is 1. The van der Waals surface area contributed by atoms with Crippen LogP contribution in [0.2, 0.25) is 0 Å². The molecule has 1 aromatic carbocycles. The lowest BCUT2D eigenvalue weighted by Crippen LogP contribution is -2.40. The highest BCUT2D eigenvalue weighted by atomic mass is 16.1. The fourth-order valence-electron chi connectivity index (χ4n) is 2.27. The summed E-state index contributed by atoms with van der Waals surface area (Å²) in [6.07, 6.45) is 2.01. The number of carbonyl (C=O) groups is 1. The van der Waals surface area contributed by atoms with Crippen LogP contribution in [-0.4, -0.2) is 23.9 Å². The highest BCUT2D eigenvalue weighted by Gasteiger charge is 2.23. The number of benzene rings is 1. The molecule has 2 N–H and O–H groups in total. The Bertz CT molecular complexity index is 350. The van der Waals surface area contributed by atoms with Gasteiger partial charge in [-0.15, -0.1) is 0 Å². The van der Waals surface area contributed by atoms with Crippen molar-refractivity contribution in [3.63, 3.8) is 0 Å². The number of nitrogens with zero attached hydrogens (tertiary/aromatic N) is 1. The number of hydrogen-bond acceptors (Lipinski definition) is 2. The van der Waals surface area contributed by atoms with Gasteiger partial charge in [-0.3, -0.25) is 9.69 Å². The summed E-state index contributed by atoms with van der Waals surface area (Å²) in [5, 5.41) is 0. The number of carbonyl (C=O) groups excluding carboxylic acids is 1. The molecule has 0 aliphatic carbocycles. The molecule has 0 radical (unpaired) electrons. The number of rotatable bonds is 3. The smallest absolute Gasteiger partial charge is 0.221 e. The lowest BCUT2D eigenvalue weighted by Gasteiger charge is -2.31. The summed E-state index contributed by atoms with van der Waals surface area (Å²) in [6, 6.07) is 10.4. The molecule has 0 spiro atoms. The van der Waals surface area contributed by atoms with Crippen LogP contribution in [0.5, 0.6) is 0 Å². The van der Waals surface area contributed by atoms with Crippen LogP contribution in [-0.2, 0) is 11.3 Å². The van der Waals surface area contributed by atoms with Crippen molar-refractivity contribution in [2.75, 3.05) is 13.1 Å². The molecule has 1 amide bonds. The molecule has 86 valence electrons. The molecule has 0 aromatic heterocycles. The highest BCUT2D eigenvalue weighted by molar-refractivity contribution is 5.76. The number of nitrogens with two attached hydrogens (primary N) is 1. The Morgan fingerprint density at radius 1 is 1.38 bits per heavy atom. The van der Waals surface area contributed by atoms with Crippen LogP contribution in [0.25, 0.3) is 0 Å². The van der Waals surface area contributed by atoms with Crippen LogP contribution in [0.3, 0.4) is 0 Å². The third-order valence-corrected chi connectivity index (χ3v) is 3.16. The largest absolute Gasteiger partial charge is 0.369 e. The molecule has 1 aliphatic heterocycles. The standard InChI is InChI=1S/C13H18N2O/c14-13(16)12-7-4-8-15(10-12)9-11-5-2-1-3-6-11/h1-3,5-6,12H,4,7-10H2,(H2,14,16)/t12-/m0/s1. The van der Waals surface area contributed by atoms with E-state index in [1.54, 1.807) is 0 Å². The zero-order chi connectivity index (χ0) is 11.4. The molecule has 1 atom stereocenters. The van der Waals surface area contributed by atoms with Crippen molar-refractivity contribution in [1.29, 1.82) is 0 Å². The van der Waals surface area contributed by atoms with Crippen molar-refractivity contribution in [1.82, 2.24) is 4.90 Å². The van der Waals surface area contributed by atoms with Gasteiger partial charge in [0.15, 0.2) is 0 Å². The summed E-state index contributed by atoms with van der Waals surface area (Å²) in [6.45, 7) is 2.80. The van der Waals surface area contributed by atoms with E-state index < -0.39 is 0 Å². The van der Waals surface area contributed by atoms with E-state index in [4.69, 9.17) is 5.73 Å². The molecule has 1 fully saturated rings. The van der Waals surface area contributed by atoms with Crippen molar-refractivity contribution >= 4 is 5.91 Å². The summed E-state index contributed by atoms with van der Waals surface area (Å²) in [7, 11) is 0. The van der Waals surface area contributed by atoms with Gasteiger partial charge in [0.1, 0.15) is 0 Å².